The van der Waals surface area contributed by atoms with Gasteiger partial charge in [-0.05, 0) is 25.0 Å². The van der Waals surface area contributed by atoms with Gasteiger partial charge in [-0.1, -0.05) is 0 Å². The molecule has 1 fully saturated rings. The summed E-state index contributed by atoms with van der Waals surface area (Å²) < 4.78 is 31.3. The Hall–Kier alpha value is -1.67. The molecule has 1 saturated heterocycles. The van der Waals surface area contributed by atoms with E-state index in [2.05, 4.69) is 9.71 Å². The normalized spacial score (nSPS) is 19.3. The highest BCUT2D eigenvalue weighted by molar-refractivity contribution is 7.92. The fraction of sp³-hybridized carbons (Fsp3) is 0.455. The predicted octanol–water partition coefficient (Wildman–Crippen LogP) is 0.700. The lowest BCUT2D eigenvalue weighted by atomic mass is 10.3. The van der Waals surface area contributed by atoms with Gasteiger partial charge in [0.25, 0.3) is 0 Å². The Labute approximate surface area is 110 Å². The Morgan fingerprint density at radius 1 is 1.58 bits per heavy atom. The van der Waals surface area contributed by atoms with Crippen LogP contribution in [0.1, 0.15) is 23.2 Å². The van der Waals surface area contributed by atoms with E-state index in [0.717, 1.165) is 6.42 Å². The van der Waals surface area contributed by atoms with E-state index in [1.165, 1.54) is 18.3 Å². The number of ether oxygens (including phenoxy) is 1. The summed E-state index contributed by atoms with van der Waals surface area (Å²) in [4.78, 5) is 14.7. The second-order valence-corrected chi connectivity index (χ2v) is 5.99. The second kappa shape index (κ2) is 5.54. The van der Waals surface area contributed by atoms with Crippen LogP contribution in [0, 0.1) is 0 Å². The Morgan fingerprint density at radius 2 is 2.37 bits per heavy atom. The minimum atomic E-state index is -3.67. The molecule has 1 aromatic heterocycles. The summed E-state index contributed by atoms with van der Waals surface area (Å²) in [6, 6.07) is 2.72. The summed E-state index contributed by atoms with van der Waals surface area (Å²) in [5, 5.41) is 8.95. The third kappa shape index (κ3) is 3.65. The SMILES string of the molecule is O=C(O)c1cccnc1NS(=O)(=O)CC1CCCO1. The van der Waals surface area contributed by atoms with Crippen molar-refractivity contribution in [3.8, 4) is 0 Å². The van der Waals surface area contributed by atoms with Gasteiger partial charge >= 0.3 is 5.97 Å². The van der Waals surface area contributed by atoms with Crippen LogP contribution in [0.5, 0.6) is 0 Å². The molecule has 19 heavy (non-hydrogen) atoms. The van der Waals surface area contributed by atoms with Crippen molar-refractivity contribution in [1.82, 2.24) is 4.98 Å². The lowest BCUT2D eigenvalue weighted by molar-refractivity contribution is 0.0697. The Kier molecular flexibility index (Phi) is 4.01. The summed E-state index contributed by atoms with van der Waals surface area (Å²) in [5.41, 5.74) is -0.182. The average molecular weight is 286 g/mol. The fourth-order valence-electron chi connectivity index (χ4n) is 1.87. The molecule has 0 spiro atoms. The summed E-state index contributed by atoms with van der Waals surface area (Å²) >= 11 is 0. The van der Waals surface area contributed by atoms with Crippen molar-refractivity contribution in [3.63, 3.8) is 0 Å². The van der Waals surface area contributed by atoms with E-state index in [4.69, 9.17) is 9.84 Å². The number of carboxylic acid groups (broad SMARTS) is 1. The first-order valence-corrected chi connectivity index (χ1v) is 7.43. The maximum Gasteiger partial charge on any atom is 0.339 e. The largest absolute Gasteiger partial charge is 0.478 e. The number of hydrogen-bond donors (Lipinski definition) is 2. The molecular weight excluding hydrogens is 272 g/mol. The molecule has 8 heteroatoms. The number of hydrogen-bond acceptors (Lipinski definition) is 5. The third-order valence-electron chi connectivity index (χ3n) is 2.72. The lowest BCUT2D eigenvalue weighted by Crippen LogP contribution is -2.26. The molecule has 0 aromatic carbocycles. The molecule has 1 aromatic rings. The number of pyridine rings is 1. The van der Waals surface area contributed by atoms with Crippen LogP contribution in [-0.2, 0) is 14.8 Å². The van der Waals surface area contributed by atoms with Crippen molar-refractivity contribution in [2.75, 3.05) is 17.1 Å². The zero-order valence-electron chi connectivity index (χ0n) is 10.1. The summed E-state index contributed by atoms with van der Waals surface area (Å²) in [5.74, 6) is -1.60. The van der Waals surface area contributed by atoms with Crippen LogP contribution in [0.2, 0.25) is 0 Å². The number of rotatable bonds is 5. The van der Waals surface area contributed by atoms with Gasteiger partial charge in [0.2, 0.25) is 10.0 Å². The minimum Gasteiger partial charge on any atom is -0.478 e. The minimum absolute atomic E-state index is 0.173. The fourth-order valence-corrected chi connectivity index (χ4v) is 3.16. The molecule has 7 nitrogen and oxygen atoms in total. The zero-order chi connectivity index (χ0) is 13.9. The number of nitrogens with zero attached hydrogens (tertiary/aromatic N) is 1. The van der Waals surface area contributed by atoms with Crippen LogP contribution >= 0.6 is 0 Å². The van der Waals surface area contributed by atoms with Crippen molar-refractivity contribution in [1.29, 1.82) is 0 Å². The van der Waals surface area contributed by atoms with Crippen molar-refractivity contribution >= 4 is 21.8 Å². The third-order valence-corrected chi connectivity index (χ3v) is 4.03. The quantitative estimate of drug-likeness (QED) is 0.825. The molecule has 0 aliphatic carbocycles. The van der Waals surface area contributed by atoms with Gasteiger partial charge in [0, 0.05) is 12.8 Å². The van der Waals surface area contributed by atoms with Crippen LogP contribution < -0.4 is 4.72 Å². The van der Waals surface area contributed by atoms with Gasteiger partial charge in [-0.25, -0.2) is 18.2 Å². The van der Waals surface area contributed by atoms with E-state index < -0.39 is 16.0 Å². The number of aromatic carboxylic acids is 1. The molecule has 1 unspecified atom stereocenters. The topological polar surface area (TPSA) is 106 Å². The van der Waals surface area contributed by atoms with E-state index in [9.17, 15) is 13.2 Å². The average Bonchev–Trinajstić information content (AvgIpc) is 2.80. The summed E-state index contributed by atoms with van der Waals surface area (Å²) in [6.45, 7) is 0.560. The van der Waals surface area contributed by atoms with E-state index in [1.54, 1.807) is 0 Å². The van der Waals surface area contributed by atoms with Crippen molar-refractivity contribution < 1.29 is 23.1 Å². The van der Waals surface area contributed by atoms with Crippen molar-refractivity contribution in [2.24, 2.45) is 0 Å². The van der Waals surface area contributed by atoms with Crippen LogP contribution in [-0.4, -0.2) is 42.9 Å². The molecule has 1 aliphatic rings. The van der Waals surface area contributed by atoms with Crippen LogP contribution in [0.15, 0.2) is 18.3 Å². The number of carboxylic acids is 1. The van der Waals surface area contributed by atoms with E-state index in [0.29, 0.717) is 13.0 Å². The highest BCUT2D eigenvalue weighted by atomic mass is 32.2. The van der Waals surface area contributed by atoms with Gasteiger partial charge < -0.3 is 9.84 Å². The molecule has 104 valence electrons. The maximum absolute atomic E-state index is 11.9. The second-order valence-electron chi connectivity index (χ2n) is 4.22. The van der Waals surface area contributed by atoms with Crippen LogP contribution in [0.4, 0.5) is 5.82 Å². The summed E-state index contributed by atoms with van der Waals surface area (Å²) in [6.07, 6.45) is 2.52. The number of aromatic nitrogens is 1. The van der Waals surface area contributed by atoms with Gasteiger partial charge in [-0.3, -0.25) is 4.72 Å². The molecule has 2 heterocycles. The van der Waals surface area contributed by atoms with Gasteiger partial charge in [0.1, 0.15) is 5.56 Å². The van der Waals surface area contributed by atoms with E-state index in [1.807, 2.05) is 0 Å². The van der Waals surface area contributed by atoms with E-state index >= 15 is 0 Å². The number of carbonyl (C=O) groups is 1. The van der Waals surface area contributed by atoms with Crippen LogP contribution in [0.25, 0.3) is 0 Å². The van der Waals surface area contributed by atoms with Crippen molar-refractivity contribution in [2.45, 2.75) is 18.9 Å². The Morgan fingerprint density at radius 3 is 3.00 bits per heavy atom. The molecular formula is C11H14N2O5S. The molecule has 0 saturated carbocycles. The first kappa shape index (κ1) is 13.8. The zero-order valence-corrected chi connectivity index (χ0v) is 10.9. The molecule has 0 radical (unpaired) electrons. The van der Waals surface area contributed by atoms with E-state index in [-0.39, 0.29) is 23.2 Å². The number of nitrogens with one attached hydrogen (secondary N) is 1. The van der Waals surface area contributed by atoms with Gasteiger partial charge in [-0.15, -0.1) is 0 Å². The van der Waals surface area contributed by atoms with Crippen molar-refractivity contribution in [3.05, 3.63) is 23.9 Å². The molecule has 2 N–H and O–H groups in total. The molecule has 1 aliphatic heterocycles. The molecule has 0 bridgehead atoms. The highest BCUT2D eigenvalue weighted by Gasteiger charge is 2.24. The summed E-state index contributed by atoms with van der Waals surface area (Å²) in [7, 11) is -3.67. The Bertz CT molecular complexity index is 566. The monoisotopic (exact) mass is 286 g/mol. The smallest absolute Gasteiger partial charge is 0.339 e. The lowest BCUT2D eigenvalue weighted by Gasteiger charge is -2.12. The molecule has 0 amide bonds. The number of anilines is 1. The first-order valence-electron chi connectivity index (χ1n) is 5.78. The number of sulfonamides is 1. The maximum atomic E-state index is 11.9. The molecule has 1 atom stereocenters. The van der Waals surface area contributed by atoms with Crippen LogP contribution in [0.3, 0.4) is 0 Å². The highest BCUT2D eigenvalue weighted by Crippen LogP contribution is 2.17. The Balaban J connectivity index is 2.13. The standard InChI is InChI=1S/C11H14N2O5S/c14-11(15)9-4-1-5-12-10(9)13-19(16,17)7-8-3-2-6-18-8/h1,4-5,8H,2-3,6-7H2,(H,12,13)(H,14,15). The van der Waals surface area contributed by atoms with Gasteiger partial charge in [0.05, 0.1) is 11.9 Å². The van der Waals surface area contributed by atoms with Gasteiger partial charge in [-0.2, -0.15) is 0 Å². The predicted molar refractivity (Wildman–Crippen MR) is 67.6 cm³/mol. The first-order chi connectivity index (χ1) is 8.98. The van der Waals surface area contributed by atoms with Gasteiger partial charge in [0.15, 0.2) is 5.82 Å². The molecule has 2 rings (SSSR count).